The minimum Gasteiger partial charge on any atom is -0.319 e. The molecular weight excluding hydrogens is 398 g/mol. The fourth-order valence-electron chi connectivity index (χ4n) is 1.93. The number of nitro groups is 1. The Hall–Kier alpha value is -3.21. The lowest BCUT2D eigenvalue weighted by Crippen LogP contribution is -2.22. The van der Waals surface area contributed by atoms with Gasteiger partial charge < -0.3 is 10.6 Å². The second-order valence-electron chi connectivity index (χ2n) is 4.95. The molecule has 2 N–H and O–H groups in total. The SMILES string of the molecule is O=C(Nc1ccc(F)c(NC(=O)C(F)F)c1F)c1cc([N+](=O)[O-])ccc1Cl. The minimum atomic E-state index is -3.52. The van der Waals surface area contributed by atoms with Crippen molar-refractivity contribution in [3.05, 3.63) is 62.7 Å². The van der Waals surface area contributed by atoms with E-state index < -0.39 is 51.9 Å². The van der Waals surface area contributed by atoms with Crippen molar-refractivity contribution >= 4 is 40.5 Å². The normalized spacial score (nSPS) is 10.6. The number of nitrogens with zero attached hydrogens (tertiary/aromatic N) is 1. The Bertz CT molecular complexity index is 940. The molecule has 0 fully saturated rings. The molecule has 0 radical (unpaired) electrons. The van der Waals surface area contributed by atoms with Crippen molar-refractivity contribution in [3.63, 3.8) is 0 Å². The van der Waals surface area contributed by atoms with Crippen LogP contribution in [-0.4, -0.2) is 23.2 Å². The Morgan fingerprint density at radius 2 is 1.78 bits per heavy atom. The van der Waals surface area contributed by atoms with Crippen molar-refractivity contribution in [2.75, 3.05) is 10.6 Å². The van der Waals surface area contributed by atoms with Crippen molar-refractivity contribution in [2.24, 2.45) is 0 Å². The van der Waals surface area contributed by atoms with Crippen LogP contribution in [0, 0.1) is 21.7 Å². The van der Waals surface area contributed by atoms with Crippen LogP contribution in [0.5, 0.6) is 0 Å². The molecule has 0 heterocycles. The number of alkyl halides is 2. The number of hydrogen-bond donors (Lipinski definition) is 2. The Balaban J connectivity index is 2.35. The fraction of sp³-hybridized carbons (Fsp3) is 0.0667. The van der Waals surface area contributed by atoms with Crippen molar-refractivity contribution in [1.29, 1.82) is 0 Å². The highest BCUT2D eigenvalue weighted by Crippen LogP contribution is 2.28. The first-order valence-corrected chi connectivity index (χ1v) is 7.32. The summed E-state index contributed by atoms with van der Waals surface area (Å²) < 4.78 is 52.4. The molecule has 2 aromatic rings. The van der Waals surface area contributed by atoms with Gasteiger partial charge in [0.2, 0.25) is 0 Å². The number of carbonyl (C=O) groups is 2. The molecule has 0 saturated carbocycles. The molecule has 2 amide bonds. The largest absolute Gasteiger partial charge is 0.319 e. The summed E-state index contributed by atoms with van der Waals surface area (Å²) in [5, 5.41) is 13.9. The van der Waals surface area contributed by atoms with Gasteiger partial charge in [-0.2, -0.15) is 8.78 Å². The maximum atomic E-state index is 14.3. The van der Waals surface area contributed by atoms with Gasteiger partial charge in [0.05, 0.1) is 21.2 Å². The zero-order valence-electron chi connectivity index (χ0n) is 12.9. The maximum absolute atomic E-state index is 14.3. The van der Waals surface area contributed by atoms with E-state index in [-0.39, 0.29) is 10.6 Å². The molecule has 142 valence electrons. The third-order valence-electron chi connectivity index (χ3n) is 3.19. The first kappa shape index (κ1) is 20.1. The van der Waals surface area contributed by atoms with Gasteiger partial charge in [-0.25, -0.2) is 8.78 Å². The number of halogens is 5. The third-order valence-corrected chi connectivity index (χ3v) is 3.52. The Morgan fingerprint density at radius 1 is 1.11 bits per heavy atom. The van der Waals surface area contributed by atoms with Gasteiger partial charge in [0.15, 0.2) is 5.82 Å². The van der Waals surface area contributed by atoms with Gasteiger partial charge in [0.25, 0.3) is 17.5 Å². The highest BCUT2D eigenvalue weighted by molar-refractivity contribution is 6.34. The summed E-state index contributed by atoms with van der Waals surface area (Å²) in [6.07, 6.45) is -3.52. The van der Waals surface area contributed by atoms with Crippen LogP contribution < -0.4 is 10.6 Å². The average molecular weight is 406 g/mol. The van der Waals surface area contributed by atoms with Gasteiger partial charge in [-0.15, -0.1) is 0 Å². The summed E-state index contributed by atoms with van der Waals surface area (Å²) in [7, 11) is 0. The molecule has 0 aromatic heterocycles. The molecule has 12 heteroatoms. The van der Waals surface area contributed by atoms with Crippen LogP contribution in [0.3, 0.4) is 0 Å². The summed E-state index contributed by atoms with van der Waals surface area (Å²) in [6.45, 7) is 0. The van der Waals surface area contributed by atoms with Crippen LogP contribution in [-0.2, 0) is 4.79 Å². The zero-order valence-corrected chi connectivity index (χ0v) is 13.7. The van der Waals surface area contributed by atoms with E-state index in [0.29, 0.717) is 6.07 Å². The van der Waals surface area contributed by atoms with Gasteiger partial charge in [-0.05, 0) is 18.2 Å². The first-order valence-electron chi connectivity index (χ1n) is 6.94. The van der Waals surface area contributed by atoms with E-state index in [1.165, 1.54) is 5.32 Å². The molecule has 0 saturated heterocycles. The van der Waals surface area contributed by atoms with Crippen LogP contribution in [0.1, 0.15) is 10.4 Å². The van der Waals surface area contributed by atoms with E-state index >= 15 is 0 Å². The number of carbonyl (C=O) groups excluding carboxylic acids is 2. The molecule has 0 spiro atoms. The summed E-state index contributed by atoms with van der Waals surface area (Å²) in [4.78, 5) is 33.1. The first-order chi connectivity index (χ1) is 12.6. The minimum absolute atomic E-state index is 0.188. The van der Waals surface area contributed by atoms with Gasteiger partial charge >= 0.3 is 6.43 Å². The smallest absolute Gasteiger partial charge is 0.315 e. The van der Waals surface area contributed by atoms with Crippen LogP contribution in [0.2, 0.25) is 5.02 Å². The predicted octanol–water partition coefficient (Wildman–Crippen LogP) is 3.98. The lowest BCUT2D eigenvalue weighted by Gasteiger charge is -2.12. The second kappa shape index (κ2) is 7.99. The molecule has 0 aliphatic rings. The van der Waals surface area contributed by atoms with E-state index in [1.54, 1.807) is 0 Å². The number of benzene rings is 2. The predicted molar refractivity (Wildman–Crippen MR) is 87.1 cm³/mol. The van der Waals surface area contributed by atoms with E-state index in [4.69, 9.17) is 11.6 Å². The monoisotopic (exact) mass is 405 g/mol. The summed E-state index contributed by atoms with van der Waals surface area (Å²) in [6, 6.07) is 4.33. The molecule has 7 nitrogen and oxygen atoms in total. The Kier molecular flexibility index (Phi) is 5.95. The lowest BCUT2D eigenvalue weighted by atomic mass is 10.1. The molecule has 0 aliphatic carbocycles. The number of non-ortho nitro benzene ring substituents is 1. The van der Waals surface area contributed by atoms with Crippen molar-refractivity contribution in [3.8, 4) is 0 Å². The average Bonchev–Trinajstić information content (AvgIpc) is 2.60. The summed E-state index contributed by atoms with van der Waals surface area (Å²) in [5.41, 5.74) is -2.71. The topological polar surface area (TPSA) is 101 Å². The molecule has 0 atom stereocenters. The standard InChI is InChI=1S/C15H8ClF4N3O4/c16-8-2-1-6(23(26)27)5-7(8)14(24)21-10-4-3-9(17)12(11(10)18)22-15(25)13(19)20/h1-5,13H,(H,21,24)(H,22,25). The third kappa shape index (κ3) is 4.50. The number of anilines is 2. The van der Waals surface area contributed by atoms with Gasteiger partial charge in [-0.1, -0.05) is 11.6 Å². The van der Waals surface area contributed by atoms with E-state index in [2.05, 4.69) is 0 Å². The Morgan fingerprint density at radius 3 is 2.37 bits per heavy atom. The molecule has 2 rings (SSSR count). The van der Waals surface area contributed by atoms with Gasteiger partial charge in [0, 0.05) is 12.1 Å². The van der Waals surface area contributed by atoms with E-state index in [9.17, 15) is 37.3 Å². The quantitative estimate of drug-likeness (QED) is 0.446. The summed E-state index contributed by atoms with van der Waals surface area (Å²) in [5.74, 6) is -5.91. The molecule has 0 bridgehead atoms. The van der Waals surface area contributed by atoms with E-state index in [0.717, 1.165) is 24.3 Å². The molecule has 0 unspecified atom stereocenters. The molecule has 0 aliphatic heterocycles. The van der Waals surface area contributed by atoms with Crippen molar-refractivity contribution in [1.82, 2.24) is 0 Å². The van der Waals surface area contributed by atoms with Gasteiger partial charge in [0.1, 0.15) is 11.5 Å². The lowest BCUT2D eigenvalue weighted by molar-refractivity contribution is -0.384. The maximum Gasteiger partial charge on any atom is 0.315 e. The molecular formula is C15H8ClF4N3O4. The second-order valence-corrected chi connectivity index (χ2v) is 5.36. The highest BCUT2D eigenvalue weighted by atomic mass is 35.5. The summed E-state index contributed by atoms with van der Waals surface area (Å²) >= 11 is 5.78. The van der Waals surface area contributed by atoms with Gasteiger partial charge in [-0.3, -0.25) is 19.7 Å². The van der Waals surface area contributed by atoms with Crippen LogP contribution in [0.4, 0.5) is 34.6 Å². The molecule has 2 aromatic carbocycles. The number of rotatable bonds is 5. The fourth-order valence-corrected chi connectivity index (χ4v) is 2.14. The van der Waals surface area contributed by atoms with Crippen molar-refractivity contribution in [2.45, 2.75) is 6.43 Å². The van der Waals surface area contributed by atoms with E-state index in [1.807, 2.05) is 5.32 Å². The van der Waals surface area contributed by atoms with Crippen LogP contribution in [0.15, 0.2) is 30.3 Å². The number of amides is 2. The van der Waals surface area contributed by atoms with Crippen LogP contribution in [0.25, 0.3) is 0 Å². The number of nitro benzene ring substituents is 1. The molecule has 27 heavy (non-hydrogen) atoms. The number of nitrogens with one attached hydrogen (secondary N) is 2. The zero-order chi connectivity index (χ0) is 20.3. The highest BCUT2D eigenvalue weighted by Gasteiger charge is 2.23. The van der Waals surface area contributed by atoms with Crippen LogP contribution >= 0.6 is 11.6 Å². The number of hydrogen-bond acceptors (Lipinski definition) is 4. The van der Waals surface area contributed by atoms with Crippen molar-refractivity contribution < 1.29 is 32.1 Å². The Labute approximate surface area is 153 Å².